The third-order valence-electron chi connectivity index (χ3n) is 3.01. The van der Waals surface area contributed by atoms with Crippen molar-refractivity contribution in [3.63, 3.8) is 0 Å². The molecule has 0 bridgehead atoms. The van der Waals surface area contributed by atoms with Gasteiger partial charge < -0.3 is 15.5 Å². The summed E-state index contributed by atoms with van der Waals surface area (Å²) in [4.78, 5) is 13.7. The Morgan fingerprint density at radius 1 is 1.35 bits per heavy atom. The zero-order chi connectivity index (χ0) is 12.3. The first kappa shape index (κ1) is 11.9. The first-order chi connectivity index (χ1) is 8.15. The molecule has 4 heteroatoms. The molecule has 0 spiro atoms. The SMILES string of the molecule is CN(C)c1ccc(NC(=O)CC2CNC2)cc1. The Morgan fingerprint density at radius 2 is 2.00 bits per heavy atom. The lowest BCUT2D eigenvalue weighted by atomic mass is 9.99. The number of nitrogens with zero attached hydrogens (tertiary/aromatic N) is 1. The van der Waals surface area contributed by atoms with E-state index in [0.29, 0.717) is 12.3 Å². The minimum absolute atomic E-state index is 0.106. The van der Waals surface area contributed by atoms with Gasteiger partial charge in [0.2, 0.25) is 5.91 Å². The van der Waals surface area contributed by atoms with Crippen LogP contribution in [0.4, 0.5) is 11.4 Å². The summed E-state index contributed by atoms with van der Waals surface area (Å²) in [6.45, 7) is 1.93. The van der Waals surface area contributed by atoms with Crippen LogP contribution in [0.25, 0.3) is 0 Å². The molecular weight excluding hydrogens is 214 g/mol. The van der Waals surface area contributed by atoms with Gasteiger partial charge in [0, 0.05) is 31.9 Å². The number of carbonyl (C=O) groups is 1. The van der Waals surface area contributed by atoms with E-state index < -0.39 is 0 Å². The van der Waals surface area contributed by atoms with Gasteiger partial charge in [-0.25, -0.2) is 0 Å². The lowest BCUT2D eigenvalue weighted by Gasteiger charge is -2.26. The molecule has 0 radical (unpaired) electrons. The van der Waals surface area contributed by atoms with Crippen molar-refractivity contribution in [1.82, 2.24) is 5.32 Å². The highest BCUT2D eigenvalue weighted by atomic mass is 16.1. The van der Waals surface area contributed by atoms with Crippen LogP contribution in [-0.2, 0) is 4.79 Å². The summed E-state index contributed by atoms with van der Waals surface area (Å²) < 4.78 is 0. The van der Waals surface area contributed by atoms with Crippen LogP contribution < -0.4 is 15.5 Å². The molecule has 0 atom stereocenters. The average Bonchev–Trinajstić information content (AvgIpc) is 2.24. The predicted molar refractivity (Wildman–Crippen MR) is 70.4 cm³/mol. The zero-order valence-corrected chi connectivity index (χ0v) is 10.4. The van der Waals surface area contributed by atoms with Gasteiger partial charge in [-0.2, -0.15) is 0 Å². The Balaban J connectivity index is 1.87. The summed E-state index contributed by atoms with van der Waals surface area (Å²) >= 11 is 0. The van der Waals surface area contributed by atoms with E-state index in [2.05, 4.69) is 10.6 Å². The molecule has 0 saturated carbocycles. The van der Waals surface area contributed by atoms with Crippen molar-refractivity contribution in [3.8, 4) is 0 Å². The van der Waals surface area contributed by atoms with Gasteiger partial charge in [0.15, 0.2) is 0 Å². The molecule has 1 amide bonds. The first-order valence-corrected chi connectivity index (χ1v) is 5.93. The third kappa shape index (κ3) is 3.20. The maximum absolute atomic E-state index is 11.7. The molecule has 1 fully saturated rings. The van der Waals surface area contributed by atoms with Gasteiger partial charge in [0.05, 0.1) is 0 Å². The third-order valence-corrected chi connectivity index (χ3v) is 3.01. The van der Waals surface area contributed by atoms with Crippen LogP contribution in [0.5, 0.6) is 0 Å². The van der Waals surface area contributed by atoms with E-state index in [4.69, 9.17) is 0 Å². The number of nitrogens with one attached hydrogen (secondary N) is 2. The molecule has 0 unspecified atom stereocenters. The van der Waals surface area contributed by atoms with Crippen LogP contribution in [-0.4, -0.2) is 33.1 Å². The van der Waals surface area contributed by atoms with E-state index in [1.54, 1.807) is 0 Å². The molecule has 0 aliphatic carbocycles. The van der Waals surface area contributed by atoms with Crippen molar-refractivity contribution in [2.75, 3.05) is 37.4 Å². The first-order valence-electron chi connectivity index (χ1n) is 5.93. The lowest BCUT2D eigenvalue weighted by molar-refractivity contribution is -0.117. The highest BCUT2D eigenvalue weighted by Crippen LogP contribution is 2.16. The summed E-state index contributed by atoms with van der Waals surface area (Å²) in [5.74, 6) is 0.616. The van der Waals surface area contributed by atoms with Gasteiger partial charge >= 0.3 is 0 Å². The normalized spacial score (nSPS) is 15.2. The van der Waals surface area contributed by atoms with Crippen molar-refractivity contribution < 1.29 is 4.79 Å². The minimum Gasteiger partial charge on any atom is -0.378 e. The fraction of sp³-hybridized carbons (Fsp3) is 0.462. The zero-order valence-electron chi connectivity index (χ0n) is 10.4. The monoisotopic (exact) mass is 233 g/mol. The minimum atomic E-state index is 0.106. The van der Waals surface area contributed by atoms with Gasteiger partial charge in [0.25, 0.3) is 0 Å². The molecule has 1 aromatic carbocycles. The average molecular weight is 233 g/mol. The second-order valence-electron chi connectivity index (χ2n) is 4.72. The molecule has 92 valence electrons. The second kappa shape index (κ2) is 5.19. The van der Waals surface area contributed by atoms with Crippen LogP contribution in [0.15, 0.2) is 24.3 Å². The van der Waals surface area contributed by atoms with Crippen molar-refractivity contribution in [1.29, 1.82) is 0 Å². The van der Waals surface area contributed by atoms with E-state index in [0.717, 1.165) is 24.5 Å². The summed E-state index contributed by atoms with van der Waals surface area (Å²) in [7, 11) is 3.99. The predicted octanol–water partition coefficient (Wildman–Crippen LogP) is 1.30. The van der Waals surface area contributed by atoms with Gasteiger partial charge in [-0.3, -0.25) is 4.79 Å². The standard InChI is InChI=1S/C13H19N3O/c1-16(2)12-5-3-11(4-6-12)15-13(17)7-10-8-14-9-10/h3-6,10,14H,7-9H2,1-2H3,(H,15,17). The number of anilines is 2. The Hall–Kier alpha value is -1.55. The van der Waals surface area contributed by atoms with E-state index >= 15 is 0 Å². The summed E-state index contributed by atoms with van der Waals surface area (Å²) in [6, 6.07) is 7.87. The largest absolute Gasteiger partial charge is 0.378 e. The van der Waals surface area contributed by atoms with Crippen LogP contribution in [0, 0.1) is 5.92 Å². The maximum Gasteiger partial charge on any atom is 0.224 e. The number of hydrogen-bond donors (Lipinski definition) is 2. The van der Waals surface area contributed by atoms with Gasteiger partial charge in [-0.15, -0.1) is 0 Å². The summed E-state index contributed by atoms with van der Waals surface area (Å²) in [6.07, 6.45) is 0.614. The molecule has 1 aromatic rings. The number of hydrogen-bond acceptors (Lipinski definition) is 3. The Labute approximate surface area is 102 Å². The topological polar surface area (TPSA) is 44.4 Å². The quantitative estimate of drug-likeness (QED) is 0.824. The van der Waals surface area contributed by atoms with Crippen LogP contribution in [0.2, 0.25) is 0 Å². The van der Waals surface area contributed by atoms with Gasteiger partial charge in [-0.1, -0.05) is 0 Å². The molecular formula is C13H19N3O. The van der Waals surface area contributed by atoms with Crippen molar-refractivity contribution in [3.05, 3.63) is 24.3 Å². The Bertz CT molecular complexity index is 382. The fourth-order valence-corrected chi connectivity index (χ4v) is 1.81. The van der Waals surface area contributed by atoms with Crippen LogP contribution in [0.3, 0.4) is 0 Å². The van der Waals surface area contributed by atoms with E-state index in [-0.39, 0.29) is 5.91 Å². The van der Waals surface area contributed by atoms with E-state index in [9.17, 15) is 4.79 Å². The van der Waals surface area contributed by atoms with E-state index in [1.807, 2.05) is 43.3 Å². The van der Waals surface area contributed by atoms with Crippen molar-refractivity contribution in [2.45, 2.75) is 6.42 Å². The summed E-state index contributed by atoms with van der Waals surface area (Å²) in [5.41, 5.74) is 2.00. The molecule has 17 heavy (non-hydrogen) atoms. The van der Waals surface area contributed by atoms with Gasteiger partial charge in [-0.05, 0) is 43.3 Å². The smallest absolute Gasteiger partial charge is 0.224 e. The van der Waals surface area contributed by atoms with Crippen LogP contribution in [0.1, 0.15) is 6.42 Å². The number of carbonyl (C=O) groups excluding carboxylic acids is 1. The molecule has 1 aliphatic heterocycles. The fourth-order valence-electron chi connectivity index (χ4n) is 1.81. The molecule has 0 aromatic heterocycles. The molecule has 1 saturated heterocycles. The highest BCUT2D eigenvalue weighted by Gasteiger charge is 2.19. The highest BCUT2D eigenvalue weighted by molar-refractivity contribution is 5.91. The molecule has 4 nitrogen and oxygen atoms in total. The second-order valence-corrected chi connectivity index (χ2v) is 4.72. The Kier molecular flexibility index (Phi) is 3.64. The molecule has 2 N–H and O–H groups in total. The van der Waals surface area contributed by atoms with E-state index in [1.165, 1.54) is 0 Å². The number of amides is 1. The maximum atomic E-state index is 11.7. The number of rotatable bonds is 4. The summed E-state index contributed by atoms with van der Waals surface area (Å²) in [5, 5.41) is 6.09. The van der Waals surface area contributed by atoms with Crippen LogP contribution >= 0.6 is 0 Å². The van der Waals surface area contributed by atoms with Gasteiger partial charge in [0.1, 0.15) is 0 Å². The lowest BCUT2D eigenvalue weighted by Crippen LogP contribution is -2.43. The molecule has 2 rings (SSSR count). The van der Waals surface area contributed by atoms with Crippen molar-refractivity contribution in [2.24, 2.45) is 5.92 Å². The molecule has 1 aliphatic rings. The van der Waals surface area contributed by atoms with Crippen molar-refractivity contribution >= 4 is 17.3 Å². The molecule has 1 heterocycles. The Morgan fingerprint density at radius 3 is 2.47 bits per heavy atom. The number of benzene rings is 1.